The minimum absolute atomic E-state index is 0.0123. The van der Waals surface area contributed by atoms with Gasteiger partial charge in [-0.25, -0.2) is 9.78 Å². The van der Waals surface area contributed by atoms with E-state index in [1.54, 1.807) is 24.3 Å². The summed E-state index contributed by atoms with van der Waals surface area (Å²) in [6.07, 6.45) is 1.41. The first-order valence-electron chi connectivity index (χ1n) is 8.17. The van der Waals surface area contributed by atoms with Gasteiger partial charge in [-0.1, -0.05) is 35.9 Å². The van der Waals surface area contributed by atoms with Crippen molar-refractivity contribution in [2.75, 3.05) is 0 Å². The Hall–Kier alpha value is -3.32. The number of halogens is 1. The van der Waals surface area contributed by atoms with Crippen molar-refractivity contribution < 1.29 is 9.53 Å². The number of nitrogens with zero attached hydrogens (tertiary/aromatic N) is 5. The molecule has 4 aromatic rings. The molecule has 0 saturated heterocycles. The van der Waals surface area contributed by atoms with Crippen molar-refractivity contribution >= 4 is 28.5 Å². The number of rotatable bonds is 4. The molecule has 4 rings (SSSR count). The van der Waals surface area contributed by atoms with Crippen molar-refractivity contribution in [3.05, 3.63) is 76.7 Å². The maximum Gasteiger partial charge on any atom is 0.340 e. The van der Waals surface area contributed by atoms with E-state index in [0.29, 0.717) is 22.0 Å². The number of ether oxygens (including phenoxy) is 1. The average molecular weight is 380 g/mol. The SMILES string of the molecule is Cc1ccc2cc(COC(=O)c3ccccc3-n3cnnn3)c(Cl)nc2c1. The van der Waals surface area contributed by atoms with Gasteiger partial charge in [0.05, 0.1) is 16.8 Å². The molecule has 0 aliphatic rings. The fourth-order valence-corrected chi connectivity index (χ4v) is 2.94. The van der Waals surface area contributed by atoms with E-state index in [4.69, 9.17) is 16.3 Å². The molecule has 0 spiro atoms. The second-order valence-electron chi connectivity index (χ2n) is 5.98. The first kappa shape index (κ1) is 17.1. The largest absolute Gasteiger partial charge is 0.457 e. The summed E-state index contributed by atoms with van der Waals surface area (Å²) in [5.41, 5.74) is 3.43. The summed E-state index contributed by atoms with van der Waals surface area (Å²) in [4.78, 5) is 17.0. The van der Waals surface area contributed by atoms with Crippen LogP contribution in [0.1, 0.15) is 21.5 Å². The molecule has 0 aliphatic heterocycles. The lowest BCUT2D eigenvalue weighted by Gasteiger charge is -2.10. The number of tetrazole rings is 1. The van der Waals surface area contributed by atoms with E-state index in [2.05, 4.69) is 20.5 Å². The van der Waals surface area contributed by atoms with Crippen molar-refractivity contribution in [3.63, 3.8) is 0 Å². The smallest absolute Gasteiger partial charge is 0.340 e. The molecule has 0 amide bonds. The zero-order valence-corrected chi connectivity index (χ0v) is 15.1. The van der Waals surface area contributed by atoms with Gasteiger partial charge in [-0.3, -0.25) is 0 Å². The third-order valence-corrected chi connectivity index (χ3v) is 4.41. The van der Waals surface area contributed by atoms with Crippen molar-refractivity contribution in [2.24, 2.45) is 0 Å². The second-order valence-corrected chi connectivity index (χ2v) is 6.34. The summed E-state index contributed by atoms with van der Waals surface area (Å²) in [7, 11) is 0. The minimum atomic E-state index is -0.499. The third-order valence-electron chi connectivity index (χ3n) is 4.08. The molecule has 0 N–H and O–H groups in total. The Kier molecular flexibility index (Phi) is 4.52. The predicted molar refractivity (Wildman–Crippen MR) is 99.8 cm³/mol. The van der Waals surface area contributed by atoms with Crippen LogP contribution in [0.25, 0.3) is 16.6 Å². The van der Waals surface area contributed by atoms with Crippen LogP contribution in [0.15, 0.2) is 54.9 Å². The Labute approximate surface area is 159 Å². The van der Waals surface area contributed by atoms with E-state index < -0.39 is 5.97 Å². The molecule has 27 heavy (non-hydrogen) atoms. The van der Waals surface area contributed by atoms with Crippen LogP contribution in [-0.4, -0.2) is 31.2 Å². The van der Waals surface area contributed by atoms with E-state index in [9.17, 15) is 4.79 Å². The fraction of sp³-hybridized carbons (Fsp3) is 0.105. The van der Waals surface area contributed by atoms with Crippen LogP contribution >= 0.6 is 11.6 Å². The van der Waals surface area contributed by atoms with Gasteiger partial charge in [0.2, 0.25) is 0 Å². The lowest BCUT2D eigenvalue weighted by Crippen LogP contribution is -2.10. The highest BCUT2D eigenvalue weighted by Crippen LogP contribution is 2.23. The molecule has 0 saturated carbocycles. The number of pyridine rings is 1. The van der Waals surface area contributed by atoms with Crippen molar-refractivity contribution in [2.45, 2.75) is 13.5 Å². The molecule has 2 aromatic carbocycles. The van der Waals surface area contributed by atoms with E-state index in [1.807, 2.05) is 31.2 Å². The van der Waals surface area contributed by atoms with Crippen LogP contribution in [0.2, 0.25) is 5.15 Å². The molecule has 0 unspecified atom stereocenters. The number of hydrogen-bond acceptors (Lipinski definition) is 6. The van der Waals surface area contributed by atoms with Crippen LogP contribution in [0.4, 0.5) is 0 Å². The molecule has 2 aromatic heterocycles. The van der Waals surface area contributed by atoms with Gasteiger partial charge in [0.15, 0.2) is 0 Å². The number of aromatic nitrogens is 5. The zero-order chi connectivity index (χ0) is 18.8. The van der Waals surface area contributed by atoms with E-state index in [1.165, 1.54) is 11.0 Å². The van der Waals surface area contributed by atoms with Gasteiger partial charge in [-0.15, -0.1) is 5.10 Å². The summed E-state index contributed by atoms with van der Waals surface area (Å²) in [6, 6.07) is 14.7. The van der Waals surface area contributed by atoms with Gasteiger partial charge in [0.1, 0.15) is 18.1 Å². The molecule has 0 radical (unpaired) electrons. The second kappa shape index (κ2) is 7.13. The number of fused-ring (bicyclic) bond motifs is 1. The predicted octanol–water partition coefficient (Wildman–Crippen LogP) is 3.53. The molecule has 2 heterocycles. The van der Waals surface area contributed by atoms with Crippen molar-refractivity contribution in [3.8, 4) is 5.69 Å². The molecule has 0 aliphatic carbocycles. The van der Waals surface area contributed by atoms with E-state index in [0.717, 1.165) is 16.5 Å². The summed E-state index contributed by atoms with van der Waals surface area (Å²) in [5, 5.41) is 12.3. The Morgan fingerprint density at radius 3 is 2.85 bits per heavy atom. The molecule has 8 heteroatoms. The van der Waals surface area contributed by atoms with Crippen LogP contribution in [0.5, 0.6) is 0 Å². The van der Waals surface area contributed by atoms with Crippen molar-refractivity contribution in [1.29, 1.82) is 0 Å². The number of benzene rings is 2. The molecule has 7 nitrogen and oxygen atoms in total. The fourth-order valence-electron chi connectivity index (χ4n) is 2.74. The Morgan fingerprint density at radius 2 is 2.04 bits per heavy atom. The quantitative estimate of drug-likeness (QED) is 0.398. The van der Waals surface area contributed by atoms with Gasteiger partial charge >= 0.3 is 5.97 Å². The summed E-state index contributed by atoms with van der Waals surface area (Å²) < 4.78 is 6.87. The maximum absolute atomic E-state index is 12.6. The number of carbonyl (C=O) groups is 1. The molecular formula is C19H14ClN5O2. The van der Waals surface area contributed by atoms with Crippen LogP contribution in [-0.2, 0) is 11.3 Å². The van der Waals surface area contributed by atoms with Gasteiger partial charge in [0.25, 0.3) is 0 Å². The number of hydrogen-bond donors (Lipinski definition) is 0. The highest BCUT2D eigenvalue weighted by atomic mass is 35.5. The van der Waals surface area contributed by atoms with Gasteiger partial charge in [-0.2, -0.15) is 4.68 Å². The average Bonchev–Trinajstić information content (AvgIpc) is 3.21. The Bertz CT molecular complexity index is 1130. The van der Waals surface area contributed by atoms with Gasteiger partial charge in [-0.05, 0) is 47.2 Å². The standard InChI is InChI=1S/C19H14ClN5O2/c1-12-6-7-13-9-14(18(20)22-16(13)8-12)10-27-19(26)15-4-2-3-5-17(15)25-11-21-23-24-25/h2-9,11H,10H2,1H3. The van der Waals surface area contributed by atoms with Crippen LogP contribution < -0.4 is 0 Å². The molecular weight excluding hydrogens is 366 g/mol. The Balaban J connectivity index is 1.58. The van der Waals surface area contributed by atoms with E-state index >= 15 is 0 Å². The van der Waals surface area contributed by atoms with Crippen molar-refractivity contribution in [1.82, 2.24) is 25.2 Å². The third kappa shape index (κ3) is 3.50. The Morgan fingerprint density at radius 1 is 1.19 bits per heavy atom. The molecule has 0 atom stereocenters. The topological polar surface area (TPSA) is 82.8 Å². The summed E-state index contributed by atoms with van der Waals surface area (Å²) in [6.45, 7) is 2.01. The maximum atomic E-state index is 12.6. The lowest BCUT2D eigenvalue weighted by molar-refractivity contribution is 0.0472. The first-order chi connectivity index (χ1) is 13.1. The number of para-hydroxylation sites is 1. The van der Waals surface area contributed by atoms with Gasteiger partial charge < -0.3 is 4.74 Å². The van der Waals surface area contributed by atoms with Gasteiger partial charge in [0, 0.05) is 10.9 Å². The van der Waals surface area contributed by atoms with Crippen LogP contribution in [0.3, 0.4) is 0 Å². The summed E-state index contributed by atoms with van der Waals surface area (Å²) in [5.74, 6) is -0.499. The highest BCUT2D eigenvalue weighted by molar-refractivity contribution is 6.30. The lowest BCUT2D eigenvalue weighted by atomic mass is 10.1. The van der Waals surface area contributed by atoms with E-state index in [-0.39, 0.29) is 6.61 Å². The molecule has 0 fully saturated rings. The molecule has 134 valence electrons. The monoisotopic (exact) mass is 379 g/mol. The number of carbonyl (C=O) groups excluding carboxylic acids is 1. The minimum Gasteiger partial charge on any atom is -0.457 e. The normalized spacial score (nSPS) is 10.9. The highest BCUT2D eigenvalue weighted by Gasteiger charge is 2.16. The molecule has 0 bridgehead atoms. The van der Waals surface area contributed by atoms with Crippen LogP contribution in [0, 0.1) is 6.92 Å². The number of aryl methyl sites for hydroxylation is 1. The number of esters is 1. The first-order valence-corrected chi connectivity index (χ1v) is 8.55. The summed E-state index contributed by atoms with van der Waals surface area (Å²) >= 11 is 6.26. The zero-order valence-electron chi connectivity index (χ0n) is 14.3.